The lowest BCUT2D eigenvalue weighted by molar-refractivity contribution is -0.759. The molecule has 1 saturated carbocycles. The molecule has 0 atom stereocenters. The fourth-order valence-corrected chi connectivity index (χ4v) is 4.86. The van der Waals surface area contributed by atoms with E-state index >= 15 is 0 Å². The molecule has 0 bridgehead atoms. The van der Waals surface area contributed by atoms with Gasteiger partial charge in [-0.25, -0.2) is 9.59 Å². The van der Waals surface area contributed by atoms with Crippen LogP contribution in [0.4, 0.5) is 0 Å². The van der Waals surface area contributed by atoms with Crippen LogP contribution in [0.2, 0.25) is 0 Å². The fraction of sp³-hybridized carbons (Fsp3) is 0.520. The molecule has 1 fully saturated rings. The van der Waals surface area contributed by atoms with Gasteiger partial charge in [0.15, 0.2) is 0 Å². The zero-order valence-corrected chi connectivity index (χ0v) is 20.5. The highest BCUT2D eigenvalue weighted by molar-refractivity contribution is 6.00. The monoisotopic (exact) mass is 488 g/mol. The third-order valence-corrected chi connectivity index (χ3v) is 6.66. The second-order valence-corrected chi connectivity index (χ2v) is 8.87. The Balaban J connectivity index is 1.83. The Morgan fingerprint density at radius 3 is 1.97 bits per heavy atom. The van der Waals surface area contributed by atoms with E-state index in [1.807, 2.05) is 24.3 Å². The predicted molar refractivity (Wildman–Crippen MR) is 126 cm³/mol. The van der Waals surface area contributed by atoms with Crippen LogP contribution in [-0.4, -0.2) is 44.5 Å². The third kappa shape index (κ3) is 6.12. The van der Waals surface area contributed by atoms with E-state index in [2.05, 4.69) is 10.2 Å². The van der Waals surface area contributed by atoms with Gasteiger partial charge in [-0.05, 0) is 57.4 Å². The van der Waals surface area contributed by atoms with Crippen molar-refractivity contribution in [2.24, 2.45) is 11.8 Å². The molecule has 0 spiro atoms. The van der Waals surface area contributed by atoms with Gasteiger partial charge in [-0.2, -0.15) is 0 Å². The number of benzene rings is 1. The van der Waals surface area contributed by atoms with E-state index in [4.69, 9.17) is 14.2 Å². The van der Waals surface area contributed by atoms with E-state index in [9.17, 15) is 19.7 Å². The summed E-state index contributed by atoms with van der Waals surface area (Å²) in [6, 6.07) is 7.33. The van der Waals surface area contributed by atoms with Crippen LogP contribution in [0.1, 0.15) is 51.0 Å². The number of hydrogen-bond donors (Lipinski definition) is 1. The van der Waals surface area contributed by atoms with Gasteiger partial charge in [0.2, 0.25) is 0 Å². The van der Waals surface area contributed by atoms with E-state index in [0.717, 1.165) is 25.7 Å². The standard InChI is InChI=1S/C25H32N2O8/c1-15-21(24(28)32-3)23(22(16(2)26-15)25(29)33-4)19-7-5-6-8-20(19)34-13-17-9-11-18(12-10-17)14-35-27(30)31/h5-8,17-18,23,26H,9-14H2,1-4H3/t17-,18-. The Kier molecular flexibility index (Phi) is 8.73. The molecule has 1 aromatic rings. The number of hydrogen-bond acceptors (Lipinski definition) is 9. The van der Waals surface area contributed by atoms with Crippen molar-refractivity contribution in [3.63, 3.8) is 0 Å². The maximum atomic E-state index is 12.8. The molecule has 0 radical (unpaired) electrons. The lowest BCUT2D eigenvalue weighted by atomic mass is 9.80. The second-order valence-electron chi connectivity index (χ2n) is 8.87. The Hall–Kier alpha value is -3.56. The van der Waals surface area contributed by atoms with Crippen molar-refractivity contribution in [1.82, 2.24) is 5.32 Å². The first kappa shape index (κ1) is 26.1. The molecule has 1 N–H and O–H groups in total. The molecule has 10 nitrogen and oxygen atoms in total. The van der Waals surface area contributed by atoms with Crippen molar-refractivity contribution in [2.75, 3.05) is 27.4 Å². The van der Waals surface area contributed by atoms with Gasteiger partial charge in [0.1, 0.15) is 5.75 Å². The lowest BCUT2D eigenvalue weighted by Gasteiger charge is -2.31. The first-order chi connectivity index (χ1) is 16.8. The molecule has 10 heteroatoms. The average molecular weight is 489 g/mol. The Labute approximate surface area is 204 Å². The SMILES string of the molecule is COC(=O)C1=C(C)NC(C)=C(C(=O)OC)C1c1ccccc1OC[C@H]1CC[C@H](CO[N+](=O)[O-])CC1. The first-order valence-electron chi connectivity index (χ1n) is 11.6. The minimum Gasteiger partial charge on any atom is -0.493 e. The summed E-state index contributed by atoms with van der Waals surface area (Å²) in [5.41, 5.74) is 2.50. The molecular weight excluding hydrogens is 456 g/mol. The molecule has 0 aromatic heterocycles. The van der Waals surface area contributed by atoms with E-state index in [0.29, 0.717) is 40.5 Å². The van der Waals surface area contributed by atoms with Gasteiger partial charge >= 0.3 is 11.9 Å². The topological polar surface area (TPSA) is 126 Å². The number of nitrogens with one attached hydrogen (secondary N) is 1. The van der Waals surface area contributed by atoms with E-state index in [1.165, 1.54) is 14.2 Å². The summed E-state index contributed by atoms with van der Waals surface area (Å²) in [6.07, 6.45) is 3.42. The summed E-state index contributed by atoms with van der Waals surface area (Å²) in [5, 5.41) is 12.8. The summed E-state index contributed by atoms with van der Waals surface area (Å²) < 4.78 is 16.3. The van der Waals surface area contributed by atoms with E-state index < -0.39 is 22.9 Å². The largest absolute Gasteiger partial charge is 0.493 e. The Morgan fingerprint density at radius 2 is 1.46 bits per heavy atom. The molecule has 0 unspecified atom stereocenters. The van der Waals surface area contributed by atoms with Gasteiger partial charge in [0, 0.05) is 17.0 Å². The number of carbonyl (C=O) groups excluding carboxylic acids is 2. The van der Waals surface area contributed by atoms with Crippen molar-refractivity contribution in [3.05, 3.63) is 62.5 Å². The fourth-order valence-electron chi connectivity index (χ4n) is 4.86. The van der Waals surface area contributed by atoms with Gasteiger partial charge in [0.25, 0.3) is 5.09 Å². The molecule has 190 valence electrons. The zero-order chi connectivity index (χ0) is 25.5. The number of para-hydroxylation sites is 1. The van der Waals surface area contributed by atoms with Crippen molar-refractivity contribution in [1.29, 1.82) is 0 Å². The number of carbonyl (C=O) groups is 2. The van der Waals surface area contributed by atoms with Crippen molar-refractivity contribution in [3.8, 4) is 5.75 Å². The minimum absolute atomic E-state index is 0.128. The van der Waals surface area contributed by atoms with E-state index in [-0.39, 0.29) is 18.4 Å². The van der Waals surface area contributed by atoms with E-state index in [1.54, 1.807) is 13.8 Å². The molecule has 1 aliphatic heterocycles. The number of esters is 2. The van der Waals surface area contributed by atoms with Crippen molar-refractivity contribution in [2.45, 2.75) is 45.4 Å². The van der Waals surface area contributed by atoms with Gasteiger partial charge in [0.05, 0.1) is 44.5 Å². The normalized spacial score (nSPS) is 20.7. The van der Waals surface area contributed by atoms with Crippen molar-refractivity contribution >= 4 is 11.9 Å². The van der Waals surface area contributed by atoms with Crippen LogP contribution in [0.3, 0.4) is 0 Å². The van der Waals surface area contributed by atoms with Crippen LogP contribution in [0.15, 0.2) is 46.8 Å². The Morgan fingerprint density at radius 1 is 0.943 bits per heavy atom. The zero-order valence-electron chi connectivity index (χ0n) is 20.5. The van der Waals surface area contributed by atoms with Gasteiger partial charge in [-0.15, -0.1) is 10.1 Å². The molecular formula is C25H32N2O8. The number of dihydropyridines is 1. The van der Waals surface area contributed by atoms with Gasteiger partial charge < -0.3 is 24.4 Å². The number of ether oxygens (including phenoxy) is 3. The minimum atomic E-state index is -0.746. The molecule has 3 rings (SSSR count). The first-order valence-corrected chi connectivity index (χ1v) is 11.6. The lowest BCUT2D eigenvalue weighted by Crippen LogP contribution is -2.32. The maximum Gasteiger partial charge on any atom is 0.336 e. The molecule has 35 heavy (non-hydrogen) atoms. The van der Waals surface area contributed by atoms with Crippen LogP contribution in [0, 0.1) is 22.0 Å². The molecule has 1 heterocycles. The summed E-state index contributed by atoms with van der Waals surface area (Å²) in [4.78, 5) is 40.5. The third-order valence-electron chi connectivity index (χ3n) is 6.66. The predicted octanol–water partition coefficient (Wildman–Crippen LogP) is 3.66. The number of rotatable bonds is 9. The molecule has 1 aliphatic carbocycles. The van der Waals surface area contributed by atoms with Gasteiger partial charge in [-0.3, -0.25) is 0 Å². The van der Waals surface area contributed by atoms with Crippen LogP contribution in [0.5, 0.6) is 5.75 Å². The van der Waals surface area contributed by atoms with Crippen molar-refractivity contribution < 1.29 is 33.7 Å². The summed E-state index contributed by atoms with van der Waals surface area (Å²) in [6.45, 7) is 4.11. The molecule has 1 aromatic carbocycles. The van der Waals surface area contributed by atoms with Crippen LogP contribution in [0.25, 0.3) is 0 Å². The molecule has 0 saturated heterocycles. The summed E-state index contributed by atoms with van der Waals surface area (Å²) >= 11 is 0. The molecule has 0 amide bonds. The quantitative estimate of drug-likeness (QED) is 0.315. The van der Waals surface area contributed by atoms with Gasteiger partial charge in [-0.1, -0.05) is 18.2 Å². The maximum absolute atomic E-state index is 12.8. The Bertz CT molecular complexity index is 986. The highest BCUT2D eigenvalue weighted by Crippen LogP contribution is 2.43. The number of nitrogens with zero attached hydrogens (tertiary/aromatic N) is 1. The second kappa shape index (κ2) is 11.7. The smallest absolute Gasteiger partial charge is 0.336 e. The highest BCUT2D eigenvalue weighted by atomic mass is 16.9. The summed E-state index contributed by atoms with van der Waals surface area (Å²) in [5.74, 6) is -0.773. The van der Waals surface area contributed by atoms with Crippen LogP contribution < -0.4 is 10.1 Å². The number of methoxy groups -OCH3 is 2. The van der Waals surface area contributed by atoms with Crippen LogP contribution >= 0.6 is 0 Å². The molecule has 2 aliphatic rings. The average Bonchev–Trinajstić information content (AvgIpc) is 2.85. The number of allylic oxidation sites excluding steroid dienone is 2. The highest BCUT2D eigenvalue weighted by Gasteiger charge is 2.39. The summed E-state index contributed by atoms with van der Waals surface area (Å²) in [7, 11) is 2.61. The van der Waals surface area contributed by atoms with Crippen LogP contribution in [-0.2, 0) is 23.9 Å².